The summed E-state index contributed by atoms with van der Waals surface area (Å²) >= 11 is 6.10. The molecule has 134 valence electrons. The predicted octanol–water partition coefficient (Wildman–Crippen LogP) is 4.36. The van der Waals surface area contributed by atoms with Gasteiger partial charge in [0.05, 0.1) is 6.04 Å². The number of H-pyrrole nitrogens is 1. The van der Waals surface area contributed by atoms with Gasteiger partial charge in [0.2, 0.25) is 0 Å². The van der Waals surface area contributed by atoms with Crippen molar-refractivity contribution < 1.29 is 4.39 Å². The molecule has 0 aliphatic rings. The van der Waals surface area contributed by atoms with Crippen molar-refractivity contribution in [3.05, 3.63) is 75.0 Å². The number of rotatable bonds is 5. The number of hydrogen-bond acceptors (Lipinski definition) is 4. The first-order valence-corrected chi connectivity index (χ1v) is 8.62. The molecule has 3 rings (SSSR count). The smallest absolute Gasteiger partial charge is 0.251 e. The number of hydrogen-bond donors (Lipinski definition) is 2. The Kier molecular flexibility index (Phi) is 5.32. The zero-order chi connectivity index (χ0) is 18.7. The van der Waals surface area contributed by atoms with Gasteiger partial charge in [-0.15, -0.1) is 0 Å². The van der Waals surface area contributed by atoms with Crippen LogP contribution >= 0.6 is 11.6 Å². The molecule has 2 N–H and O–H groups in total. The molecule has 0 aliphatic heterocycles. The lowest BCUT2D eigenvalue weighted by atomic mass is 10.1. The number of halogens is 2. The van der Waals surface area contributed by atoms with Gasteiger partial charge in [-0.2, -0.15) is 0 Å². The third-order valence-electron chi connectivity index (χ3n) is 3.99. The van der Waals surface area contributed by atoms with E-state index in [0.29, 0.717) is 23.1 Å². The van der Waals surface area contributed by atoms with Gasteiger partial charge < -0.3 is 10.3 Å². The largest absolute Gasteiger partial charge is 0.363 e. The van der Waals surface area contributed by atoms with Crippen molar-refractivity contribution in [3.8, 4) is 11.4 Å². The van der Waals surface area contributed by atoms with Crippen molar-refractivity contribution in [1.29, 1.82) is 0 Å². The number of anilines is 1. The highest BCUT2D eigenvalue weighted by molar-refractivity contribution is 6.31. The van der Waals surface area contributed by atoms with E-state index >= 15 is 0 Å². The second kappa shape index (κ2) is 7.66. The fourth-order valence-electron chi connectivity index (χ4n) is 2.60. The molecule has 0 saturated carbocycles. The molecule has 2 heterocycles. The van der Waals surface area contributed by atoms with Gasteiger partial charge in [-0.1, -0.05) is 24.6 Å². The summed E-state index contributed by atoms with van der Waals surface area (Å²) in [6.45, 7) is 3.86. The topological polar surface area (TPSA) is 70.7 Å². The highest BCUT2D eigenvalue weighted by atomic mass is 35.5. The van der Waals surface area contributed by atoms with Crippen LogP contribution in [0.15, 0.2) is 47.4 Å². The van der Waals surface area contributed by atoms with Crippen molar-refractivity contribution in [3.63, 3.8) is 0 Å². The highest BCUT2D eigenvalue weighted by Gasteiger charge is 2.11. The lowest BCUT2D eigenvalue weighted by molar-refractivity contribution is 0.626. The van der Waals surface area contributed by atoms with Crippen LogP contribution in [0.25, 0.3) is 11.4 Å². The highest BCUT2D eigenvalue weighted by Crippen LogP contribution is 2.26. The lowest BCUT2D eigenvalue weighted by Gasteiger charge is -2.16. The summed E-state index contributed by atoms with van der Waals surface area (Å²) in [6.07, 6.45) is 2.32. The van der Waals surface area contributed by atoms with E-state index in [1.807, 2.05) is 19.9 Å². The average Bonchev–Trinajstić information content (AvgIpc) is 2.61. The number of aryl methyl sites for hydroxylation is 1. The van der Waals surface area contributed by atoms with Crippen molar-refractivity contribution in [2.45, 2.75) is 26.3 Å². The Labute approximate surface area is 155 Å². The van der Waals surface area contributed by atoms with E-state index in [4.69, 9.17) is 11.6 Å². The standard InChI is InChI=1S/C19H18ClFN4O/c1-3-14-9-18(26)25-19(24-14)12-4-7-17(22-10-12)23-11(2)15-6-5-13(21)8-16(15)20/h4-11H,3H2,1-2H3,(H,22,23)(H,24,25,26). The molecule has 26 heavy (non-hydrogen) atoms. The van der Waals surface area contributed by atoms with Gasteiger partial charge in [0.25, 0.3) is 5.56 Å². The summed E-state index contributed by atoms with van der Waals surface area (Å²) in [7, 11) is 0. The Morgan fingerprint density at radius 1 is 1.27 bits per heavy atom. The zero-order valence-electron chi connectivity index (χ0n) is 14.4. The summed E-state index contributed by atoms with van der Waals surface area (Å²) in [5, 5.41) is 3.58. The van der Waals surface area contributed by atoms with Gasteiger partial charge in [0.1, 0.15) is 17.5 Å². The maximum absolute atomic E-state index is 13.2. The van der Waals surface area contributed by atoms with Gasteiger partial charge >= 0.3 is 0 Å². The third kappa shape index (κ3) is 4.08. The maximum atomic E-state index is 13.2. The molecule has 3 aromatic rings. The molecule has 0 aliphatic carbocycles. The van der Waals surface area contributed by atoms with Crippen LogP contribution in [0, 0.1) is 5.82 Å². The van der Waals surface area contributed by atoms with Crippen LogP contribution in [0.1, 0.15) is 31.1 Å². The van der Waals surface area contributed by atoms with Crippen LogP contribution in [0.5, 0.6) is 0 Å². The molecule has 1 unspecified atom stereocenters. The average molecular weight is 373 g/mol. The summed E-state index contributed by atoms with van der Waals surface area (Å²) in [4.78, 5) is 23.2. The van der Waals surface area contributed by atoms with Crippen molar-refractivity contribution in [2.75, 3.05) is 5.32 Å². The number of nitrogens with zero attached hydrogens (tertiary/aromatic N) is 2. The summed E-state index contributed by atoms with van der Waals surface area (Å²) in [6, 6.07) is 9.26. The van der Waals surface area contributed by atoms with Gasteiger partial charge in [0.15, 0.2) is 0 Å². The molecular formula is C19H18ClFN4O. The Morgan fingerprint density at radius 3 is 2.73 bits per heavy atom. The molecular weight excluding hydrogens is 355 g/mol. The predicted molar refractivity (Wildman–Crippen MR) is 101 cm³/mol. The molecule has 0 fully saturated rings. The van der Waals surface area contributed by atoms with E-state index in [1.54, 1.807) is 18.3 Å². The first-order chi connectivity index (χ1) is 12.5. The van der Waals surface area contributed by atoms with Crippen molar-refractivity contribution in [1.82, 2.24) is 15.0 Å². The number of aromatic amines is 1. The fourth-order valence-corrected chi connectivity index (χ4v) is 2.93. The Bertz CT molecular complexity index is 972. The van der Waals surface area contributed by atoms with Crippen LogP contribution < -0.4 is 10.9 Å². The second-order valence-corrected chi connectivity index (χ2v) is 6.31. The van der Waals surface area contributed by atoms with Crippen molar-refractivity contribution >= 4 is 17.4 Å². The third-order valence-corrected chi connectivity index (χ3v) is 4.31. The normalized spacial score (nSPS) is 12.0. The molecule has 1 atom stereocenters. The SMILES string of the molecule is CCc1cc(=O)[nH]c(-c2ccc(NC(C)c3ccc(F)cc3Cl)nc2)n1. The Hall–Kier alpha value is -2.73. The second-order valence-electron chi connectivity index (χ2n) is 5.90. The first kappa shape index (κ1) is 18.1. The minimum atomic E-state index is -0.371. The minimum absolute atomic E-state index is 0.150. The molecule has 5 nitrogen and oxygen atoms in total. The summed E-state index contributed by atoms with van der Waals surface area (Å²) in [5.41, 5.74) is 2.04. The first-order valence-electron chi connectivity index (χ1n) is 8.24. The molecule has 2 aromatic heterocycles. The zero-order valence-corrected chi connectivity index (χ0v) is 15.1. The van der Waals surface area contributed by atoms with Crippen LogP contribution in [-0.2, 0) is 6.42 Å². The van der Waals surface area contributed by atoms with Gasteiger partial charge in [0, 0.05) is 28.5 Å². The Morgan fingerprint density at radius 2 is 2.08 bits per heavy atom. The lowest BCUT2D eigenvalue weighted by Crippen LogP contribution is -2.11. The molecule has 0 amide bonds. The number of benzene rings is 1. The van der Waals surface area contributed by atoms with Gasteiger partial charge in [-0.3, -0.25) is 4.79 Å². The van der Waals surface area contributed by atoms with E-state index < -0.39 is 0 Å². The molecule has 0 spiro atoms. The Balaban J connectivity index is 1.79. The minimum Gasteiger partial charge on any atom is -0.363 e. The van der Waals surface area contributed by atoms with E-state index in [0.717, 1.165) is 16.8 Å². The van der Waals surface area contributed by atoms with Gasteiger partial charge in [-0.05, 0) is 43.2 Å². The van der Waals surface area contributed by atoms with Gasteiger partial charge in [-0.25, -0.2) is 14.4 Å². The van der Waals surface area contributed by atoms with E-state index in [2.05, 4.69) is 20.3 Å². The van der Waals surface area contributed by atoms with Crippen LogP contribution in [0.3, 0.4) is 0 Å². The van der Waals surface area contributed by atoms with E-state index in [1.165, 1.54) is 18.2 Å². The van der Waals surface area contributed by atoms with E-state index in [-0.39, 0.29) is 17.4 Å². The summed E-state index contributed by atoms with van der Waals surface area (Å²) < 4.78 is 13.2. The summed E-state index contributed by atoms with van der Waals surface area (Å²) in [5.74, 6) is 0.753. The molecule has 7 heteroatoms. The fraction of sp³-hybridized carbons (Fsp3) is 0.211. The number of pyridine rings is 1. The molecule has 1 aromatic carbocycles. The van der Waals surface area contributed by atoms with Crippen LogP contribution in [0.2, 0.25) is 5.02 Å². The van der Waals surface area contributed by atoms with Crippen LogP contribution in [-0.4, -0.2) is 15.0 Å². The molecule has 0 bridgehead atoms. The number of nitrogens with one attached hydrogen (secondary N) is 2. The quantitative estimate of drug-likeness (QED) is 0.698. The maximum Gasteiger partial charge on any atom is 0.251 e. The number of aromatic nitrogens is 3. The van der Waals surface area contributed by atoms with E-state index in [9.17, 15) is 9.18 Å². The van der Waals surface area contributed by atoms with Crippen molar-refractivity contribution in [2.24, 2.45) is 0 Å². The van der Waals surface area contributed by atoms with Crippen LogP contribution in [0.4, 0.5) is 10.2 Å². The molecule has 0 saturated heterocycles. The monoisotopic (exact) mass is 372 g/mol. The molecule has 0 radical (unpaired) electrons.